The van der Waals surface area contributed by atoms with Crippen molar-refractivity contribution >= 4 is 33.4 Å². The van der Waals surface area contributed by atoms with Crippen LogP contribution in [-0.4, -0.2) is 81.8 Å². The number of anilines is 1. The standard InChI is InChI=1S/C19H27N5O5S/c1-13-14(24-8-4-7-16(24)25)5-3-6-15(13)30(28,29)21-17(18(20)26)19(27)23-11-9-22(2)10-12-23/h3,5-6,17,21H,4,7-12H2,1-2H3,(H2,20,26)/t17-/m0/s1. The van der Waals surface area contributed by atoms with Crippen molar-refractivity contribution in [2.24, 2.45) is 5.73 Å². The predicted molar refractivity (Wildman–Crippen MR) is 110 cm³/mol. The predicted octanol–water partition coefficient (Wildman–Crippen LogP) is -0.972. The molecule has 0 aromatic heterocycles. The third kappa shape index (κ3) is 4.47. The number of nitrogens with zero attached hydrogens (tertiary/aromatic N) is 3. The summed E-state index contributed by atoms with van der Waals surface area (Å²) in [5.41, 5.74) is 6.24. The molecule has 1 atom stereocenters. The molecule has 10 nitrogen and oxygen atoms in total. The number of rotatable bonds is 6. The Labute approximate surface area is 176 Å². The van der Waals surface area contributed by atoms with E-state index in [0.717, 1.165) is 0 Å². The number of sulfonamides is 1. The van der Waals surface area contributed by atoms with Gasteiger partial charge in [0.1, 0.15) is 0 Å². The monoisotopic (exact) mass is 437 g/mol. The summed E-state index contributed by atoms with van der Waals surface area (Å²) in [7, 11) is -2.33. The number of nitrogens with two attached hydrogens (primary N) is 1. The summed E-state index contributed by atoms with van der Waals surface area (Å²) in [6, 6.07) is 2.89. The molecule has 11 heteroatoms. The van der Waals surface area contributed by atoms with Gasteiger partial charge in [0, 0.05) is 44.8 Å². The summed E-state index contributed by atoms with van der Waals surface area (Å²) in [5.74, 6) is -1.80. The quantitative estimate of drug-likeness (QED) is 0.550. The van der Waals surface area contributed by atoms with Crippen molar-refractivity contribution in [1.29, 1.82) is 0 Å². The number of carbonyl (C=O) groups is 3. The van der Waals surface area contributed by atoms with E-state index in [1.807, 2.05) is 11.9 Å². The highest BCUT2D eigenvalue weighted by atomic mass is 32.2. The third-order valence-corrected chi connectivity index (χ3v) is 7.10. The molecule has 3 rings (SSSR count). The molecule has 2 aliphatic heterocycles. The largest absolute Gasteiger partial charge is 0.368 e. The first-order chi connectivity index (χ1) is 14.1. The summed E-state index contributed by atoms with van der Waals surface area (Å²) in [4.78, 5) is 41.7. The first-order valence-corrected chi connectivity index (χ1v) is 11.3. The van der Waals surface area contributed by atoms with Gasteiger partial charge < -0.3 is 20.4 Å². The van der Waals surface area contributed by atoms with Crippen LogP contribution in [0.25, 0.3) is 0 Å². The first-order valence-electron chi connectivity index (χ1n) is 9.81. The topological polar surface area (TPSA) is 133 Å². The van der Waals surface area contributed by atoms with E-state index in [2.05, 4.69) is 4.72 Å². The molecular weight excluding hydrogens is 410 g/mol. The van der Waals surface area contributed by atoms with Gasteiger partial charge in [0.25, 0.3) is 5.91 Å². The van der Waals surface area contributed by atoms with Crippen LogP contribution in [0.4, 0.5) is 5.69 Å². The zero-order valence-corrected chi connectivity index (χ0v) is 17.9. The van der Waals surface area contributed by atoms with Crippen LogP contribution in [0.1, 0.15) is 18.4 Å². The van der Waals surface area contributed by atoms with Gasteiger partial charge in [-0.2, -0.15) is 4.72 Å². The van der Waals surface area contributed by atoms with Gasteiger partial charge in [-0.15, -0.1) is 0 Å². The highest BCUT2D eigenvalue weighted by Gasteiger charge is 2.35. The Kier molecular flexibility index (Phi) is 6.44. The van der Waals surface area contributed by atoms with Crippen LogP contribution >= 0.6 is 0 Å². The van der Waals surface area contributed by atoms with Crippen molar-refractivity contribution in [3.05, 3.63) is 23.8 Å². The lowest BCUT2D eigenvalue weighted by atomic mass is 10.2. The van der Waals surface area contributed by atoms with Crippen molar-refractivity contribution in [1.82, 2.24) is 14.5 Å². The maximum Gasteiger partial charge on any atom is 0.250 e. The molecule has 0 unspecified atom stereocenters. The molecule has 0 aliphatic carbocycles. The van der Waals surface area contributed by atoms with Crippen molar-refractivity contribution in [3.63, 3.8) is 0 Å². The SMILES string of the molecule is Cc1c(N2CCCC2=O)cccc1S(=O)(=O)N[C@@H](C(N)=O)C(=O)N1CCN(C)CC1. The van der Waals surface area contributed by atoms with E-state index in [1.54, 1.807) is 17.9 Å². The number of hydrogen-bond donors (Lipinski definition) is 2. The van der Waals surface area contributed by atoms with E-state index in [4.69, 9.17) is 5.73 Å². The molecule has 2 fully saturated rings. The number of nitrogens with one attached hydrogen (secondary N) is 1. The normalized spacial score (nSPS) is 19.2. The molecule has 0 saturated carbocycles. The van der Waals surface area contributed by atoms with Gasteiger partial charge in [-0.3, -0.25) is 14.4 Å². The summed E-state index contributed by atoms with van der Waals surface area (Å²) in [5, 5.41) is 0. The molecule has 2 heterocycles. The number of primary amides is 1. The fourth-order valence-corrected chi connectivity index (χ4v) is 5.17. The molecule has 164 valence electrons. The Morgan fingerprint density at radius 1 is 1.13 bits per heavy atom. The molecule has 0 radical (unpaired) electrons. The number of carbonyl (C=O) groups excluding carboxylic acids is 3. The number of hydrogen-bond acceptors (Lipinski definition) is 6. The Morgan fingerprint density at radius 3 is 2.37 bits per heavy atom. The van der Waals surface area contributed by atoms with Gasteiger partial charge in [-0.05, 0) is 38.1 Å². The Morgan fingerprint density at radius 2 is 1.80 bits per heavy atom. The second-order valence-corrected chi connectivity index (χ2v) is 9.32. The van der Waals surface area contributed by atoms with Gasteiger partial charge in [-0.25, -0.2) is 8.42 Å². The highest BCUT2D eigenvalue weighted by Crippen LogP contribution is 2.29. The molecule has 0 bridgehead atoms. The molecule has 1 aromatic rings. The zero-order chi connectivity index (χ0) is 22.1. The molecule has 3 N–H and O–H groups in total. The average Bonchev–Trinajstić information content (AvgIpc) is 3.12. The molecule has 0 spiro atoms. The molecule has 2 saturated heterocycles. The number of likely N-dealkylation sites (N-methyl/N-ethyl adjacent to an activating group) is 1. The first kappa shape index (κ1) is 22.2. The fourth-order valence-electron chi connectivity index (χ4n) is 3.75. The molecule has 2 aliphatic rings. The smallest absolute Gasteiger partial charge is 0.250 e. The van der Waals surface area contributed by atoms with Crippen LogP contribution in [0.3, 0.4) is 0 Å². The third-order valence-electron chi connectivity index (χ3n) is 5.53. The van der Waals surface area contributed by atoms with Crippen LogP contribution in [0.2, 0.25) is 0 Å². The Balaban J connectivity index is 1.86. The maximum atomic E-state index is 13.1. The molecule has 1 aromatic carbocycles. The minimum Gasteiger partial charge on any atom is -0.368 e. The van der Waals surface area contributed by atoms with Gasteiger partial charge >= 0.3 is 0 Å². The Bertz CT molecular complexity index is 956. The lowest BCUT2D eigenvalue weighted by molar-refractivity contribution is -0.138. The van der Waals surface area contributed by atoms with Gasteiger partial charge in [0.2, 0.25) is 21.8 Å². The molecule has 3 amide bonds. The van der Waals surface area contributed by atoms with E-state index >= 15 is 0 Å². The van der Waals surface area contributed by atoms with E-state index in [1.165, 1.54) is 17.0 Å². The van der Waals surface area contributed by atoms with Gasteiger partial charge in [0.05, 0.1) is 4.90 Å². The second kappa shape index (κ2) is 8.70. The summed E-state index contributed by atoms with van der Waals surface area (Å²) < 4.78 is 28.3. The van der Waals surface area contributed by atoms with Crippen LogP contribution < -0.4 is 15.4 Å². The van der Waals surface area contributed by atoms with E-state index in [-0.39, 0.29) is 10.8 Å². The Hall–Kier alpha value is -2.50. The minimum absolute atomic E-state index is 0.0686. The summed E-state index contributed by atoms with van der Waals surface area (Å²) >= 11 is 0. The van der Waals surface area contributed by atoms with Crippen molar-refractivity contribution < 1.29 is 22.8 Å². The van der Waals surface area contributed by atoms with Gasteiger partial charge in [-0.1, -0.05) is 6.07 Å². The van der Waals surface area contributed by atoms with Crippen LogP contribution in [-0.2, 0) is 24.4 Å². The lowest BCUT2D eigenvalue weighted by Gasteiger charge is -2.34. The minimum atomic E-state index is -4.25. The van der Waals surface area contributed by atoms with Crippen molar-refractivity contribution in [3.8, 4) is 0 Å². The van der Waals surface area contributed by atoms with Crippen molar-refractivity contribution in [2.45, 2.75) is 30.7 Å². The summed E-state index contributed by atoms with van der Waals surface area (Å²) in [6.45, 7) is 4.11. The average molecular weight is 438 g/mol. The second-order valence-electron chi connectivity index (χ2n) is 7.63. The lowest BCUT2D eigenvalue weighted by Crippen LogP contribution is -2.58. The molecule has 30 heavy (non-hydrogen) atoms. The van der Waals surface area contributed by atoms with Crippen LogP contribution in [0.15, 0.2) is 23.1 Å². The van der Waals surface area contributed by atoms with Crippen molar-refractivity contribution in [2.75, 3.05) is 44.7 Å². The van der Waals surface area contributed by atoms with E-state index in [0.29, 0.717) is 56.8 Å². The summed E-state index contributed by atoms with van der Waals surface area (Å²) in [6.07, 6.45) is 1.12. The van der Waals surface area contributed by atoms with Crippen LogP contribution in [0, 0.1) is 6.92 Å². The van der Waals surface area contributed by atoms with E-state index in [9.17, 15) is 22.8 Å². The fraction of sp³-hybridized carbons (Fsp3) is 0.526. The highest BCUT2D eigenvalue weighted by molar-refractivity contribution is 7.89. The van der Waals surface area contributed by atoms with Crippen LogP contribution in [0.5, 0.6) is 0 Å². The molecular formula is C19H27N5O5S. The van der Waals surface area contributed by atoms with Gasteiger partial charge in [0.15, 0.2) is 6.04 Å². The zero-order valence-electron chi connectivity index (χ0n) is 17.1. The maximum absolute atomic E-state index is 13.1. The number of benzene rings is 1. The van der Waals surface area contributed by atoms with E-state index < -0.39 is 27.9 Å². The number of amides is 3. The number of piperazine rings is 1.